The molecule has 0 unspecified atom stereocenters. The number of rotatable bonds is 3. The van der Waals surface area contributed by atoms with Gasteiger partial charge < -0.3 is 5.32 Å². The number of imide groups is 1. The van der Waals surface area contributed by atoms with Crippen molar-refractivity contribution in [3.05, 3.63) is 59.2 Å². The maximum absolute atomic E-state index is 13.0. The van der Waals surface area contributed by atoms with Crippen LogP contribution in [-0.2, 0) is 9.59 Å². The van der Waals surface area contributed by atoms with E-state index in [0.717, 1.165) is 11.1 Å². The van der Waals surface area contributed by atoms with Crippen molar-refractivity contribution in [2.24, 2.45) is 11.8 Å². The summed E-state index contributed by atoms with van der Waals surface area (Å²) in [5.41, 5.74) is 3.69. The van der Waals surface area contributed by atoms with Gasteiger partial charge in [0.15, 0.2) is 0 Å². The molecule has 30 heavy (non-hydrogen) atoms. The number of anilines is 2. The Labute approximate surface area is 192 Å². The Kier molecular flexibility index (Phi) is 5.86. The van der Waals surface area contributed by atoms with Crippen LogP contribution < -0.4 is 10.2 Å². The highest BCUT2D eigenvalue weighted by molar-refractivity contribution is 9.12. The monoisotopic (exact) mass is 532 g/mol. The minimum atomic E-state index is -0.316. The van der Waals surface area contributed by atoms with Crippen LogP contribution in [0.4, 0.5) is 11.4 Å². The number of nitrogens with one attached hydrogen (secondary N) is 1. The predicted molar refractivity (Wildman–Crippen MR) is 124 cm³/mol. The van der Waals surface area contributed by atoms with E-state index in [1.807, 2.05) is 32.0 Å². The van der Waals surface area contributed by atoms with Gasteiger partial charge in [-0.15, -0.1) is 0 Å². The Morgan fingerprint density at radius 2 is 1.50 bits per heavy atom. The first-order chi connectivity index (χ1) is 14.2. The summed E-state index contributed by atoms with van der Waals surface area (Å²) in [6.07, 6.45) is 1.24. The van der Waals surface area contributed by atoms with Crippen LogP contribution in [0.25, 0.3) is 0 Å². The third kappa shape index (κ3) is 3.97. The summed E-state index contributed by atoms with van der Waals surface area (Å²) in [6.45, 7) is 3.95. The van der Waals surface area contributed by atoms with Crippen molar-refractivity contribution < 1.29 is 14.4 Å². The second kappa shape index (κ2) is 8.27. The first-order valence-electron chi connectivity index (χ1n) is 9.90. The molecule has 4 rings (SSSR count). The van der Waals surface area contributed by atoms with Crippen molar-refractivity contribution in [2.45, 2.75) is 36.3 Å². The predicted octanol–water partition coefficient (Wildman–Crippen LogP) is 4.98. The largest absolute Gasteiger partial charge is 0.322 e. The molecule has 2 fully saturated rings. The van der Waals surface area contributed by atoms with Gasteiger partial charge in [0.05, 0.1) is 17.5 Å². The Morgan fingerprint density at radius 1 is 0.933 bits per heavy atom. The Balaban J connectivity index is 1.58. The molecule has 1 N–H and O–H groups in total. The maximum atomic E-state index is 13.0. The van der Waals surface area contributed by atoms with Crippen molar-refractivity contribution in [1.29, 1.82) is 0 Å². The van der Waals surface area contributed by atoms with Crippen LogP contribution in [0.15, 0.2) is 42.5 Å². The molecule has 2 aliphatic rings. The molecule has 1 heterocycles. The summed E-state index contributed by atoms with van der Waals surface area (Å²) in [4.78, 5) is 40.4. The number of alkyl halides is 2. The molecule has 1 aliphatic heterocycles. The summed E-state index contributed by atoms with van der Waals surface area (Å²) in [5, 5.41) is 2.90. The van der Waals surface area contributed by atoms with E-state index in [0.29, 0.717) is 29.8 Å². The normalized spacial score (nSPS) is 25.9. The third-order valence-corrected chi connectivity index (χ3v) is 8.49. The number of hydrogen-bond acceptors (Lipinski definition) is 3. The Hall–Kier alpha value is -1.99. The average molecular weight is 534 g/mol. The van der Waals surface area contributed by atoms with Gasteiger partial charge in [-0.05, 0) is 68.1 Å². The quantitative estimate of drug-likeness (QED) is 0.447. The van der Waals surface area contributed by atoms with Gasteiger partial charge in [-0.3, -0.25) is 19.3 Å². The molecule has 2 aromatic carbocycles. The maximum Gasteiger partial charge on any atom is 0.255 e. The molecule has 0 aromatic heterocycles. The molecule has 1 saturated heterocycles. The van der Waals surface area contributed by atoms with Crippen LogP contribution in [0.5, 0.6) is 0 Å². The SMILES string of the molecule is Cc1cc(C)cc(NC(=O)c2cccc(N3C(=O)[C@@H]4C[C@H](Br)[C@@H](Br)C[C@H]4C3=O)c2)c1. The van der Waals surface area contributed by atoms with E-state index in [1.165, 1.54) is 4.90 Å². The molecule has 5 nitrogen and oxygen atoms in total. The minimum absolute atomic E-state index is 0.158. The van der Waals surface area contributed by atoms with Crippen molar-refractivity contribution in [3.63, 3.8) is 0 Å². The first kappa shape index (κ1) is 21.2. The fourth-order valence-electron chi connectivity index (χ4n) is 4.39. The van der Waals surface area contributed by atoms with E-state index in [9.17, 15) is 14.4 Å². The molecule has 1 aliphatic carbocycles. The number of carbonyl (C=O) groups is 3. The third-order valence-electron chi connectivity index (χ3n) is 5.76. The molecular weight excluding hydrogens is 512 g/mol. The van der Waals surface area contributed by atoms with Crippen molar-refractivity contribution >= 4 is 61.0 Å². The number of carbonyl (C=O) groups excluding carboxylic acids is 3. The van der Waals surface area contributed by atoms with Gasteiger partial charge in [-0.25, -0.2) is 0 Å². The molecule has 0 bridgehead atoms. The zero-order chi connectivity index (χ0) is 21.6. The van der Waals surface area contributed by atoms with E-state index in [1.54, 1.807) is 24.3 Å². The summed E-state index contributed by atoms with van der Waals surface area (Å²) in [6, 6.07) is 12.5. The van der Waals surface area contributed by atoms with Gasteiger partial charge >= 0.3 is 0 Å². The summed E-state index contributed by atoms with van der Waals surface area (Å²) in [5.74, 6) is -1.27. The Bertz CT molecular complexity index is 991. The van der Waals surface area contributed by atoms with Gasteiger partial charge in [0.2, 0.25) is 11.8 Å². The molecule has 7 heteroatoms. The van der Waals surface area contributed by atoms with Crippen molar-refractivity contribution in [2.75, 3.05) is 10.2 Å². The lowest BCUT2D eigenvalue weighted by molar-refractivity contribution is -0.122. The molecular formula is C23H22Br2N2O3. The van der Waals surface area contributed by atoms with Crippen LogP contribution in [-0.4, -0.2) is 27.4 Å². The summed E-state index contributed by atoms with van der Waals surface area (Å²) < 4.78 is 0. The average Bonchev–Trinajstić information content (AvgIpc) is 2.91. The summed E-state index contributed by atoms with van der Waals surface area (Å²) in [7, 11) is 0. The highest BCUT2D eigenvalue weighted by Gasteiger charge is 2.52. The highest BCUT2D eigenvalue weighted by atomic mass is 79.9. The molecule has 2 aromatic rings. The van der Waals surface area contributed by atoms with E-state index in [2.05, 4.69) is 37.2 Å². The molecule has 1 saturated carbocycles. The zero-order valence-electron chi connectivity index (χ0n) is 16.7. The van der Waals surface area contributed by atoms with Crippen molar-refractivity contribution in [3.8, 4) is 0 Å². The topological polar surface area (TPSA) is 66.5 Å². The fourth-order valence-corrected chi connectivity index (χ4v) is 5.62. The first-order valence-corrected chi connectivity index (χ1v) is 11.7. The van der Waals surface area contributed by atoms with Gasteiger partial charge in [0.25, 0.3) is 5.91 Å². The minimum Gasteiger partial charge on any atom is -0.322 e. The van der Waals surface area contributed by atoms with Crippen LogP contribution in [0.1, 0.15) is 34.3 Å². The zero-order valence-corrected chi connectivity index (χ0v) is 19.9. The van der Waals surface area contributed by atoms with E-state index < -0.39 is 0 Å². The number of amides is 3. The number of nitrogens with zero attached hydrogens (tertiary/aromatic N) is 1. The van der Waals surface area contributed by atoms with Gasteiger partial charge in [-0.1, -0.05) is 44.0 Å². The van der Waals surface area contributed by atoms with Crippen LogP contribution >= 0.6 is 31.9 Å². The number of halogens is 2. The second-order valence-electron chi connectivity index (χ2n) is 8.11. The number of aryl methyl sites for hydroxylation is 2. The van der Waals surface area contributed by atoms with Crippen molar-refractivity contribution in [1.82, 2.24) is 0 Å². The lowest BCUT2D eigenvalue weighted by Crippen LogP contribution is -2.34. The molecule has 156 valence electrons. The van der Waals surface area contributed by atoms with E-state index in [-0.39, 0.29) is 39.2 Å². The second-order valence-corrected chi connectivity index (χ2v) is 10.5. The highest BCUT2D eigenvalue weighted by Crippen LogP contribution is 2.44. The van der Waals surface area contributed by atoms with Gasteiger partial charge in [-0.2, -0.15) is 0 Å². The molecule has 4 atom stereocenters. The molecule has 0 spiro atoms. The number of fused-ring (bicyclic) bond motifs is 1. The smallest absolute Gasteiger partial charge is 0.255 e. The lowest BCUT2D eigenvalue weighted by Gasteiger charge is -2.29. The van der Waals surface area contributed by atoms with Crippen LogP contribution in [0.3, 0.4) is 0 Å². The Morgan fingerprint density at radius 3 is 2.07 bits per heavy atom. The standard InChI is InChI=1S/C23H22Br2N2O3/c1-12-6-13(2)8-15(7-12)26-21(28)14-4-3-5-16(9-14)27-22(29)17-10-19(24)20(25)11-18(17)23(27)30/h3-9,17-20H,10-11H2,1-2H3,(H,26,28)/t17-,18-,19+,20+/m1/s1. The van der Waals surface area contributed by atoms with Crippen LogP contribution in [0.2, 0.25) is 0 Å². The molecule has 3 amide bonds. The van der Waals surface area contributed by atoms with Gasteiger partial charge in [0.1, 0.15) is 0 Å². The van der Waals surface area contributed by atoms with E-state index >= 15 is 0 Å². The molecule has 0 radical (unpaired) electrons. The fraction of sp³-hybridized carbons (Fsp3) is 0.348. The van der Waals surface area contributed by atoms with E-state index in [4.69, 9.17) is 0 Å². The lowest BCUT2D eigenvalue weighted by atomic mass is 9.81. The number of benzene rings is 2. The number of hydrogen-bond donors (Lipinski definition) is 1. The summed E-state index contributed by atoms with van der Waals surface area (Å²) >= 11 is 7.21. The van der Waals surface area contributed by atoms with Gasteiger partial charge in [0, 0.05) is 20.9 Å². The van der Waals surface area contributed by atoms with Crippen LogP contribution in [0, 0.1) is 25.7 Å².